The zero-order valence-corrected chi connectivity index (χ0v) is 15.3. The van der Waals surface area contributed by atoms with Crippen molar-refractivity contribution in [3.8, 4) is 5.75 Å². The molecule has 0 unspecified atom stereocenters. The predicted molar refractivity (Wildman–Crippen MR) is 104 cm³/mol. The van der Waals surface area contributed by atoms with Gasteiger partial charge in [-0.25, -0.2) is 4.79 Å². The number of urea groups is 1. The summed E-state index contributed by atoms with van der Waals surface area (Å²) in [4.78, 5) is 11.9. The Kier molecular flexibility index (Phi) is 8.13. The molecule has 0 bridgehead atoms. The molecule has 2 aromatic carbocycles. The Morgan fingerprint density at radius 2 is 1.84 bits per heavy atom. The lowest BCUT2D eigenvalue weighted by Gasteiger charge is -2.10. The standard InChI is InChI=1S/C20H25ClN2O2/c1-2-3-7-16-10-12-17(13-11-16)23-20(24)22-14-6-15-25-19-9-5-4-8-18(19)21/h4-5,8-13H,2-3,6-7,14-15H2,1H3,(H2,22,23,24). The van der Waals surface area contributed by atoms with Crippen molar-refractivity contribution < 1.29 is 9.53 Å². The lowest BCUT2D eigenvalue weighted by molar-refractivity contribution is 0.250. The molecule has 0 aliphatic carbocycles. The first-order valence-corrected chi connectivity index (χ1v) is 9.08. The van der Waals surface area contributed by atoms with Crippen LogP contribution in [0.1, 0.15) is 31.7 Å². The minimum Gasteiger partial charge on any atom is -0.492 e. The van der Waals surface area contributed by atoms with E-state index in [1.165, 1.54) is 18.4 Å². The molecule has 5 heteroatoms. The number of nitrogens with one attached hydrogen (secondary N) is 2. The van der Waals surface area contributed by atoms with Crippen LogP contribution in [0.4, 0.5) is 10.5 Å². The van der Waals surface area contributed by atoms with Crippen LogP contribution in [0.15, 0.2) is 48.5 Å². The van der Waals surface area contributed by atoms with Gasteiger partial charge in [-0.3, -0.25) is 0 Å². The van der Waals surface area contributed by atoms with Crippen LogP contribution in [0, 0.1) is 0 Å². The minimum atomic E-state index is -0.209. The number of carbonyl (C=O) groups is 1. The molecule has 4 nitrogen and oxygen atoms in total. The van der Waals surface area contributed by atoms with Crippen LogP contribution >= 0.6 is 11.6 Å². The molecule has 0 aliphatic rings. The van der Waals surface area contributed by atoms with E-state index in [2.05, 4.69) is 29.7 Å². The van der Waals surface area contributed by atoms with E-state index in [0.717, 1.165) is 12.1 Å². The summed E-state index contributed by atoms with van der Waals surface area (Å²) in [5.41, 5.74) is 2.09. The molecule has 2 amide bonds. The Hall–Kier alpha value is -2.20. The molecule has 25 heavy (non-hydrogen) atoms. The van der Waals surface area contributed by atoms with Gasteiger partial charge in [0.2, 0.25) is 0 Å². The highest BCUT2D eigenvalue weighted by Crippen LogP contribution is 2.22. The summed E-state index contributed by atoms with van der Waals surface area (Å²) in [6, 6.07) is 15.1. The lowest BCUT2D eigenvalue weighted by Crippen LogP contribution is -2.30. The molecule has 2 aromatic rings. The summed E-state index contributed by atoms with van der Waals surface area (Å²) in [6.45, 7) is 3.21. The van der Waals surface area contributed by atoms with E-state index < -0.39 is 0 Å². The average molecular weight is 361 g/mol. The van der Waals surface area contributed by atoms with Gasteiger partial charge in [-0.1, -0.05) is 49.2 Å². The van der Waals surface area contributed by atoms with Crippen LogP contribution in [0.2, 0.25) is 5.02 Å². The second-order valence-corrected chi connectivity index (χ2v) is 6.22. The van der Waals surface area contributed by atoms with Gasteiger partial charge in [0.15, 0.2) is 0 Å². The number of halogens is 1. The van der Waals surface area contributed by atoms with E-state index in [1.807, 2.05) is 30.3 Å². The van der Waals surface area contributed by atoms with Gasteiger partial charge >= 0.3 is 6.03 Å². The molecule has 0 fully saturated rings. The van der Waals surface area contributed by atoms with Crippen LogP contribution in [0.5, 0.6) is 5.75 Å². The molecule has 0 spiro atoms. The summed E-state index contributed by atoms with van der Waals surface area (Å²) in [6.07, 6.45) is 4.15. The largest absolute Gasteiger partial charge is 0.492 e. The molecule has 0 aliphatic heterocycles. The maximum absolute atomic E-state index is 11.9. The monoisotopic (exact) mass is 360 g/mol. The van der Waals surface area contributed by atoms with Crippen molar-refractivity contribution in [1.29, 1.82) is 0 Å². The SMILES string of the molecule is CCCCc1ccc(NC(=O)NCCCOc2ccccc2Cl)cc1. The average Bonchev–Trinajstić information content (AvgIpc) is 2.62. The predicted octanol–water partition coefficient (Wildman–Crippen LogP) is 5.27. The molecular formula is C20H25ClN2O2. The number of benzene rings is 2. The summed E-state index contributed by atoms with van der Waals surface area (Å²) in [7, 11) is 0. The van der Waals surface area contributed by atoms with Gasteiger partial charge in [0.05, 0.1) is 11.6 Å². The van der Waals surface area contributed by atoms with Gasteiger partial charge < -0.3 is 15.4 Å². The Bertz CT molecular complexity index is 659. The molecule has 0 aromatic heterocycles. The first-order valence-electron chi connectivity index (χ1n) is 8.70. The highest BCUT2D eigenvalue weighted by atomic mass is 35.5. The number of rotatable bonds is 9. The fourth-order valence-electron chi connectivity index (χ4n) is 2.33. The molecule has 0 atom stereocenters. The van der Waals surface area contributed by atoms with E-state index in [1.54, 1.807) is 6.07 Å². The maximum atomic E-state index is 11.9. The van der Waals surface area contributed by atoms with Crippen molar-refractivity contribution in [2.45, 2.75) is 32.6 Å². The van der Waals surface area contributed by atoms with Gasteiger partial charge in [0, 0.05) is 12.2 Å². The number of amides is 2. The number of para-hydroxylation sites is 1. The molecule has 134 valence electrons. The second kappa shape index (κ2) is 10.6. The van der Waals surface area contributed by atoms with Crippen molar-refractivity contribution in [3.05, 3.63) is 59.1 Å². The number of hydrogen-bond acceptors (Lipinski definition) is 2. The van der Waals surface area contributed by atoms with Gasteiger partial charge in [-0.15, -0.1) is 0 Å². The number of carbonyl (C=O) groups excluding carboxylic acids is 1. The highest BCUT2D eigenvalue weighted by molar-refractivity contribution is 6.32. The van der Waals surface area contributed by atoms with Crippen LogP contribution < -0.4 is 15.4 Å². The molecule has 2 rings (SSSR count). The summed E-state index contributed by atoms with van der Waals surface area (Å²) in [5, 5.41) is 6.24. The fraction of sp³-hybridized carbons (Fsp3) is 0.350. The van der Waals surface area contributed by atoms with Crippen molar-refractivity contribution >= 4 is 23.3 Å². The van der Waals surface area contributed by atoms with Crippen LogP contribution in [-0.4, -0.2) is 19.2 Å². The number of hydrogen-bond donors (Lipinski definition) is 2. The second-order valence-electron chi connectivity index (χ2n) is 5.81. The fourth-order valence-corrected chi connectivity index (χ4v) is 2.52. The molecule has 0 radical (unpaired) electrons. The van der Waals surface area contributed by atoms with Gasteiger partial charge in [0.1, 0.15) is 5.75 Å². The molecule has 0 saturated carbocycles. The van der Waals surface area contributed by atoms with Crippen LogP contribution in [-0.2, 0) is 6.42 Å². The number of unbranched alkanes of at least 4 members (excludes halogenated alkanes) is 1. The Morgan fingerprint density at radius 1 is 1.08 bits per heavy atom. The van der Waals surface area contributed by atoms with Gasteiger partial charge in [0.25, 0.3) is 0 Å². The smallest absolute Gasteiger partial charge is 0.319 e. The number of anilines is 1. The highest BCUT2D eigenvalue weighted by Gasteiger charge is 2.02. The molecule has 0 heterocycles. The topological polar surface area (TPSA) is 50.4 Å². The van der Waals surface area contributed by atoms with E-state index >= 15 is 0 Å². The first kappa shape index (κ1) is 19.1. The summed E-state index contributed by atoms with van der Waals surface area (Å²) >= 11 is 6.01. The third kappa shape index (κ3) is 7.06. The Labute approximate surface area is 154 Å². The van der Waals surface area contributed by atoms with E-state index in [0.29, 0.717) is 30.3 Å². The quantitative estimate of drug-likeness (QED) is 0.598. The van der Waals surface area contributed by atoms with Gasteiger partial charge in [-0.2, -0.15) is 0 Å². The van der Waals surface area contributed by atoms with Crippen molar-refractivity contribution in [2.24, 2.45) is 0 Å². The van der Waals surface area contributed by atoms with E-state index in [9.17, 15) is 4.79 Å². The van der Waals surface area contributed by atoms with E-state index in [-0.39, 0.29) is 6.03 Å². The number of aryl methyl sites for hydroxylation is 1. The summed E-state index contributed by atoms with van der Waals surface area (Å²) < 4.78 is 5.58. The Balaban J connectivity index is 1.63. The van der Waals surface area contributed by atoms with Crippen molar-refractivity contribution in [3.63, 3.8) is 0 Å². The zero-order valence-electron chi connectivity index (χ0n) is 14.6. The van der Waals surface area contributed by atoms with Crippen molar-refractivity contribution in [2.75, 3.05) is 18.5 Å². The van der Waals surface area contributed by atoms with E-state index in [4.69, 9.17) is 16.3 Å². The molecule has 2 N–H and O–H groups in total. The summed E-state index contributed by atoms with van der Waals surface area (Å²) in [5.74, 6) is 0.664. The normalized spacial score (nSPS) is 10.3. The van der Waals surface area contributed by atoms with Crippen LogP contribution in [0.3, 0.4) is 0 Å². The Morgan fingerprint density at radius 3 is 2.56 bits per heavy atom. The minimum absolute atomic E-state index is 0.209. The zero-order chi connectivity index (χ0) is 17.9. The number of ether oxygens (including phenoxy) is 1. The molecular weight excluding hydrogens is 336 g/mol. The van der Waals surface area contributed by atoms with Gasteiger partial charge in [-0.05, 0) is 49.1 Å². The third-order valence-corrected chi connectivity index (χ3v) is 4.04. The molecule has 0 saturated heterocycles. The third-order valence-electron chi connectivity index (χ3n) is 3.73. The maximum Gasteiger partial charge on any atom is 0.319 e. The lowest BCUT2D eigenvalue weighted by atomic mass is 10.1. The van der Waals surface area contributed by atoms with Crippen molar-refractivity contribution in [1.82, 2.24) is 5.32 Å². The first-order chi connectivity index (χ1) is 12.2. The van der Waals surface area contributed by atoms with Crippen LogP contribution in [0.25, 0.3) is 0 Å².